The summed E-state index contributed by atoms with van der Waals surface area (Å²) in [6.07, 6.45) is 1.63. The highest BCUT2D eigenvalue weighted by molar-refractivity contribution is 5.80. The van der Waals surface area contributed by atoms with E-state index in [1.807, 2.05) is 31.1 Å². The van der Waals surface area contributed by atoms with E-state index in [1.165, 1.54) is 12.1 Å². The minimum atomic E-state index is -0.289. The predicted octanol–water partition coefficient (Wildman–Crippen LogP) is 1.60. The van der Waals surface area contributed by atoms with Crippen LogP contribution in [0.25, 0.3) is 0 Å². The molecule has 0 saturated carbocycles. The highest BCUT2D eigenvalue weighted by atomic mass is 19.1. The molecule has 7 heteroatoms. The Morgan fingerprint density at radius 2 is 2.12 bits per heavy atom. The van der Waals surface area contributed by atoms with Gasteiger partial charge < -0.3 is 9.73 Å². The van der Waals surface area contributed by atoms with Crippen molar-refractivity contribution in [1.29, 1.82) is 0 Å². The van der Waals surface area contributed by atoms with E-state index in [4.69, 9.17) is 4.42 Å². The Kier molecular flexibility index (Phi) is 5.47. The van der Waals surface area contributed by atoms with Gasteiger partial charge in [-0.15, -0.1) is 0 Å². The average molecular weight is 346 g/mol. The van der Waals surface area contributed by atoms with E-state index in [0.29, 0.717) is 13.1 Å². The maximum Gasteiger partial charge on any atom is 0.226 e. The van der Waals surface area contributed by atoms with E-state index in [9.17, 15) is 9.18 Å². The van der Waals surface area contributed by atoms with Crippen molar-refractivity contribution in [2.75, 3.05) is 27.2 Å². The van der Waals surface area contributed by atoms with Crippen LogP contribution < -0.4 is 16.2 Å². The van der Waals surface area contributed by atoms with E-state index in [-0.39, 0.29) is 29.7 Å². The minimum absolute atomic E-state index is 0.0365. The molecule has 134 valence electrons. The van der Waals surface area contributed by atoms with Crippen molar-refractivity contribution in [3.05, 3.63) is 59.8 Å². The van der Waals surface area contributed by atoms with Gasteiger partial charge in [-0.05, 0) is 43.9 Å². The molecule has 1 saturated heterocycles. The summed E-state index contributed by atoms with van der Waals surface area (Å²) in [7, 11) is 3.89. The number of benzene rings is 1. The molecule has 3 N–H and O–H groups in total. The van der Waals surface area contributed by atoms with Gasteiger partial charge in [-0.1, -0.05) is 12.1 Å². The van der Waals surface area contributed by atoms with Crippen molar-refractivity contribution in [3.63, 3.8) is 0 Å². The maximum absolute atomic E-state index is 13.1. The average Bonchev–Trinajstić information content (AvgIpc) is 3.27. The molecule has 1 aliphatic heterocycles. The quantitative estimate of drug-likeness (QED) is 0.741. The lowest BCUT2D eigenvalue weighted by Crippen LogP contribution is -2.39. The van der Waals surface area contributed by atoms with Crippen molar-refractivity contribution >= 4 is 5.91 Å². The highest BCUT2D eigenvalue weighted by Gasteiger charge is 2.34. The molecule has 6 nitrogen and oxygen atoms in total. The number of furan rings is 1. The van der Waals surface area contributed by atoms with Crippen LogP contribution in [0.2, 0.25) is 0 Å². The summed E-state index contributed by atoms with van der Waals surface area (Å²) in [6.45, 7) is 0.966. The fraction of sp³-hybridized carbons (Fsp3) is 0.389. The van der Waals surface area contributed by atoms with Crippen molar-refractivity contribution in [2.24, 2.45) is 5.92 Å². The van der Waals surface area contributed by atoms with Crippen LogP contribution in [-0.4, -0.2) is 38.0 Å². The fourth-order valence-corrected chi connectivity index (χ4v) is 3.07. The summed E-state index contributed by atoms with van der Waals surface area (Å²) in [5, 5.41) is 3.01. The lowest BCUT2D eigenvalue weighted by atomic mass is 9.94. The zero-order valence-corrected chi connectivity index (χ0v) is 14.3. The van der Waals surface area contributed by atoms with E-state index in [1.54, 1.807) is 18.4 Å². The number of carbonyl (C=O) groups is 1. The van der Waals surface area contributed by atoms with Crippen LogP contribution in [0.1, 0.15) is 23.4 Å². The van der Waals surface area contributed by atoms with Gasteiger partial charge in [0.2, 0.25) is 5.91 Å². The molecular formula is C18H23FN4O2. The first-order valence-corrected chi connectivity index (χ1v) is 8.27. The van der Waals surface area contributed by atoms with Gasteiger partial charge in [0.15, 0.2) is 0 Å². The van der Waals surface area contributed by atoms with Crippen LogP contribution in [0.5, 0.6) is 0 Å². The van der Waals surface area contributed by atoms with Gasteiger partial charge >= 0.3 is 0 Å². The van der Waals surface area contributed by atoms with Crippen LogP contribution in [0, 0.1) is 11.7 Å². The van der Waals surface area contributed by atoms with Crippen molar-refractivity contribution < 1.29 is 13.6 Å². The molecule has 3 rings (SSSR count). The Hall–Kier alpha value is -2.22. The van der Waals surface area contributed by atoms with Gasteiger partial charge in [0, 0.05) is 13.1 Å². The number of hydrogen-bond acceptors (Lipinski definition) is 5. The van der Waals surface area contributed by atoms with Crippen molar-refractivity contribution in [2.45, 2.75) is 12.1 Å². The smallest absolute Gasteiger partial charge is 0.226 e. The van der Waals surface area contributed by atoms with Gasteiger partial charge in [0.25, 0.3) is 0 Å². The first-order valence-electron chi connectivity index (χ1n) is 8.27. The SMILES string of the molecule is CN(C)C(CNC(=O)C1CNNC1c1ccc(F)cc1)c1ccco1. The van der Waals surface area contributed by atoms with Crippen LogP contribution in [-0.2, 0) is 4.79 Å². The maximum atomic E-state index is 13.1. The van der Waals surface area contributed by atoms with Gasteiger partial charge in [-0.25, -0.2) is 9.82 Å². The molecule has 3 atom stereocenters. The number of nitrogens with one attached hydrogen (secondary N) is 3. The standard InChI is InChI=1S/C18H23FN4O2/c1-23(2)15(16-4-3-9-25-16)11-20-18(24)14-10-21-22-17(14)12-5-7-13(19)8-6-12/h3-9,14-15,17,21-22H,10-11H2,1-2H3,(H,20,24). The third kappa shape index (κ3) is 4.07. The zero-order chi connectivity index (χ0) is 17.8. The van der Waals surface area contributed by atoms with Crippen molar-refractivity contribution in [1.82, 2.24) is 21.1 Å². The van der Waals surface area contributed by atoms with E-state index >= 15 is 0 Å². The highest BCUT2D eigenvalue weighted by Crippen LogP contribution is 2.25. The molecule has 3 unspecified atom stereocenters. The van der Waals surface area contributed by atoms with Gasteiger partial charge in [-0.3, -0.25) is 15.1 Å². The second kappa shape index (κ2) is 7.77. The number of halogens is 1. The number of hydrazine groups is 1. The Morgan fingerprint density at radius 3 is 2.76 bits per heavy atom. The van der Waals surface area contributed by atoms with Gasteiger partial charge in [0.05, 0.1) is 24.3 Å². The lowest BCUT2D eigenvalue weighted by molar-refractivity contribution is -0.125. The summed E-state index contributed by atoms with van der Waals surface area (Å²) >= 11 is 0. The third-order valence-electron chi connectivity index (χ3n) is 4.51. The molecule has 0 bridgehead atoms. The number of likely N-dealkylation sites (N-methyl/N-ethyl adjacent to an activating group) is 1. The Morgan fingerprint density at radius 1 is 1.36 bits per heavy atom. The van der Waals surface area contributed by atoms with Crippen LogP contribution in [0.3, 0.4) is 0 Å². The Balaban J connectivity index is 1.64. The van der Waals surface area contributed by atoms with Crippen LogP contribution in [0.4, 0.5) is 4.39 Å². The number of amides is 1. The summed E-state index contributed by atoms with van der Waals surface area (Å²) in [4.78, 5) is 14.7. The third-order valence-corrected chi connectivity index (χ3v) is 4.51. The van der Waals surface area contributed by atoms with Gasteiger partial charge in [-0.2, -0.15) is 0 Å². The number of carbonyl (C=O) groups excluding carboxylic acids is 1. The molecule has 1 aromatic carbocycles. The number of rotatable bonds is 6. The summed E-state index contributed by atoms with van der Waals surface area (Å²) < 4.78 is 18.6. The van der Waals surface area contributed by atoms with Crippen LogP contribution in [0.15, 0.2) is 47.1 Å². The molecule has 1 aromatic heterocycles. The van der Waals surface area contributed by atoms with E-state index in [0.717, 1.165) is 11.3 Å². The molecule has 1 amide bonds. The van der Waals surface area contributed by atoms with Crippen molar-refractivity contribution in [3.8, 4) is 0 Å². The molecular weight excluding hydrogens is 323 g/mol. The molecule has 2 aromatic rings. The topological polar surface area (TPSA) is 69.5 Å². The number of nitrogens with zero attached hydrogens (tertiary/aromatic N) is 1. The molecule has 1 fully saturated rings. The van der Waals surface area contributed by atoms with Gasteiger partial charge in [0.1, 0.15) is 11.6 Å². The summed E-state index contributed by atoms with van der Waals surface area (Å²) in [5.74, 6) is 0.196. The minimum Gasteiger partial charge on any atom is -0.468 e. The molecule has 0 spiro atoms. The largest absolute Gasteiger partial charge is 0.468 e. The Labute approximate surface area is 146 Å². The first kappa shape index (κ1) is 17.6. The fourth-order valence-electron chi connectivity index (χ4n) is 3.07. The number of hydrogen-bond donors (Lipinski definition) is 3. The van der Waals surface area contributed by atoms with Crippen LogP contribution >= 0.6 is 0 Å². The summed E-state index contributed by atoms with van der Waals surface area (Å²) in [6, 6.07) is 9.72. The molecule has 25 heavy (non-hydrogen) atoms. The van der Waals surface area contributed by atoms with E-state index in [2.05, 4.69) is 16.2 Å². The second-order valence-corrected chi connectivity index (χ2v) is 6.40. The lowest BCUT2D eigenvalue weighted by Gasteiger charge is -2.24. The second-order valence-electron chi connectivity index (χ2n) is 6.40. The normalized spacial score (nSPS) is 21.4. The summed E-state index contributed by atoms with van der Waals surface area (Å²) in [5.41, 5.74) is 7.00. The Bertz CT molecular complexity index is 688. The first-order chi connectivity index (χ1) is 12.1. The monoisotopic (exact) mass is 346 g/mol. The van der Waals surface area contributed by atoms with E-state index < -0.39 is 0 Å². The molecule has 0 radical (unpaired) electrons. The predicted molar refractivity (Wildman–Crippen MR) is 91.9 cm³/mol. The molecule has 2 heterocycles. The molecule has 1 aliphatic rings. The molecule has 0 aliphatic carbocycles. The zero-order valence-electron chi connectivity index (χ0n) is 14.3.